The fourth-order valence-corrected chi connectivity index (χ4v) is 13.9. The number of alkyl halides is 1. The zero-order valence-corrected chi connectivity index (χ0v) is 48.0. The molecule has 17 heteroatoms. The first-order valence-electron chi connectivity index (χ1n) is 26.0. The first-order chi connectivity index (χ1) is 38.7. The number of halogens is 1. The number of hydrogen-bond acceptors (Lipinski definition) is 15. The number of benzene rings is 8. The van der Waals surface area contributed by atoms with Crippen LogP contribution in [0.15, 0.2) is 170 Å². The summed E-state index contributed by atoms with van der Waals surface area (Å²) in [6.45, 7) is 4.79. The summed E-state index contributed by atoms with van der Waals surface area (Å²) < 4.78 is 48.3. The van der Waals surface area contributed by atoms with Gasteiger partial charge in [0.15, 0.2) is 0 Å². The Hall–Kier alpha value is -7.64. The lowest BCUT2D eigenvalue weighted by molar-refractivity contribution is 0.213. The Bertz CT molecular complexity index is 3960. The van der Waals surface area contributed by atoms with Gasteiger partial charge in [-0.25, -0.2) is 24.3 Å². The highest BCUT2D eigenvalue weighted by Gasteiger charge is 2.18. The van der Waals surface area contributed by atoms with E-state index in [2.05, 4.69) is 95.1 Å². The predicted molar refractivity (Wildman–Crippen MR) is 331 cm³/mol. The van der Waals surface area contributed by atoms with Gasteiger partial charge in [0.05, 0.1) is 53.2 Å². The smallest absolute Gasteiger partial charge is 0.264 e. The molecular formula is C63H55FN6O5S5. The number of hydrogen-bond donors (Lipinski definition) is 4. The lowest BCUT2D eigenvalue weighted by Crippen LogP contribution is -2.26. The zero-order chi connectivity index (χ0) is 55.3. The number of thiazole rings is 4. The second-order valence-electron chi connectivity index (χ2n) is 19.7. The van der Waals surface area contributed by atoms with Gasteiger partial charge in [-0.05, 0) is 171 Å². The van der Waals surface area contributed by atoms with Gasteiger partial charge in [0.25, 0.3) is 10.1 Å². The van der Waals surface area contributed by atoms with Gasteiger partial charge in [-0.2, -0.15) is 8.42 Å². The number of nitrogens with one attached hydrogen (secondary N) is 2. The number of aromatic hydroxyl groups is 2. The minimum absolute atomic E-state index is 0.233. The summed E-state index contributed by atoms with van der Waals surface area (Å²) >= 11 is 6.44. The molecule has 4 aromatic heterocycles. The number of aromatic nitrogens is 4. The summed E-state index contributed by atoms with van der Waals surface area (Å²) in [5.41, 5.74) is 14.3. The maximum atomic E-state index is 14.6. The number of anilines is 2. The molecule has 0 spiro atoms. The van der Waals surface area contributed by atoms with Crippen molar-refractivity contribution in [2.75, 3.05) is 30.0 Å². The molecule has 0 fully saturated rings. The molecule has 80 heavy (non-hydrogen) atoms. The van der Waals surface area contributed by atoms with E-state index in [1.165, 1.54) is 31.9 Å². The van der Waals surface area contributed by atoms with Crippen molar-refractivity contribution in [2.24, 2.45) is 0 Å². The molecule has 12 aromatic rings. The number of phenolic OH excluding ortho intramolecular Hbond substituents is 2. The molecule has 2 atom stereocenters. The molecule has 0 saturated heterocycles. The van der Waals surface area contributed by atoms with Gasteiger partial charge in [-0.1, -0.05) is 60.7 Å². The molecule has 12 rings (SSSR count). The van der Waals surface area contributed by atoms with E-state index in [1.807, 2.05) is 84.9 Å². The Balaban J connectivity index is 0.000000170. The van der Waals surface area contributed by atoms with Crippen molar-refractivity contribution in [3.05, 3.63) is 192 Å². The first-order valence-corrected chi connectivity index (χ1v) is 31.1. The van der Waals surface area contributed by atoms with E-state index in [9.17, 15) is 23.0 Å². The molecule has 0 amide bonds. The topological polar surface area (TPSA) is 159 Å². The summed E-state index contributed by atoms with van der Waals surface area (Å²) in [4.78, 5) is 18.8. The molecule has 0 saturated carbocycles. The maximum Gasteiger partial charge on any atom is 0.264 e. The summed E-state index contributed by atoms with van der Waals surface area (Å²) in [7, 11) is -3.60. The highest BCUT2D eigenvalue weighted by atomic mass is 32.2. The van der Waals surface area contributed by atoms with E-state index >= 15 is 0 Å². The minimum Gasteiger partial charge on any atom is -0.508 e. The van der Waals surface area contributed by atoms with Crippen LogP contribution in [0.25, 0.3) is 83.2 Å². The van der Waals surface area contributed by atoms with Crippen molar-refractivity contribution < 1.29 is 27.2 Å². The van der Waals surface area contributed by atoms with Gasteiger partial charge in [-0.15, -0.1) is 45.3 Å². The SMILES string of the molecule is Cc1ccc2nc(-c3ccc(CCC(CNc4ccc(-c5nc6ccc(C)cc6s5)cc4)OS(C)(=O)=O)cc3)sc2c1.Oc1ccc2nc(-c3ccc(CCC([18F])CNc4ccc(-c5nc6ccc(O)cc6s5)cc4)cc3)sc2c1. The number of fused-ring (bicyclic) bond motifs is 4. The van der Waals surface area contributed by atoms with Gasteiger partial charge in [-0.3, -0.25) is 4.18 Å². The predicted octanol–water partition coefficient (Wildman–Crippen LogP) is 16.3. The number of phenols is 2. The van der Waals surface area contributed by atoms with E-state index in [0.717, 1.165) is 103 Å². The van der Waals surface area contributed by atoms with E-state index in [0.29, 0.717) is 32.2 Å². The van der Waals surface area contributed by atoms with Crippen molar-refractivity contribution in [3.8, 4) is 53.8 Å². The average molecular weight is 1150 g/mol. The molecule has 0 aliphatic carbocycles. The second-order valence-corrected chi connectivity index (χ2v) is 25.5. The average Bonchev–Trinajstić information content (AvgIpc) is 4.30. The molecule has 4 heterocycles. The second kappa shape index (κ2) is 24.0. The zero-order valence-electron chi connectivity index (χ0n) is 43.9. The van der Waals surface area contributed by atoms with Crippen LogP contribution in [0.3, 0.4) is 0 Å². The van der Waals surface area contributed by atoms with Crippen molar-refractivity contribution in [2.45, 2.75) is 51.8 Å². The Kier molecular flexibility index (Phi) is 16.3. The van der Waals surface area contributed by atoms with E-state index in [1.54, 1.807) is 58.3 Å². The van der Waals surface area contributed by atoms with Crippen LogP contribution >= 0.6 is 45.3 Å². The van der Waals surface area contributed by atoms with Crippen LogP contribution in [0, 0.1) is 13.8 Å². The standard InChI is InChI=1S/C33H31N3O3S3.C30H24FN3O2S2/c1-21-4-16-28-30(18-21)40-32(35-28)24-9-6-23(7-10-24)8-15-27(39-42(3,37)38)20-34-26-13-11-25(12-14-26)33-36-29-17-5-22(2)19-31(29)41-33;31-21(8-3-18-1-4-19(5-2-18)29-33-25-13-11-23(35)15-27(25)37-29)17-32-22-9-6-20(7-10-22)30-34-26-14-12-24(36)16-28(26)38-30/h4-7,9-14,16-19,27,34H,8,15,20H2,1-3H3;1-2,4-7,9-16,21,32,35-36H,3,8,17H2/i;31-1. The van der Waals surface area contributed by atoms with Gasteiger partial charge in [0.1, 0.15) is 37.7 Å². The molecule has 2 unspecified atom stereocenters. The monoisotopic (exact) mass is 1150 g/mol. The van der Waals surface area contributed by atoms with Crippen LogP contribution in [-0.2, 0) is 27.1 Å². The van der Waals surface area contributed by atoms with Crippen LogP contribution < -0.4 is 10.6 Å². The van der Waals surface area contributed by atoms with E-state index < -0.39 is 22.4 Å². The van der Waals surface area contributed by atoms with Gasteiger partial charge >= 0.3 is 0 Å². The van der Waals surface area contributed by atoms with Crippen LogP contribution in [0.4, 0.5) is 15.8 Å². The molecule has 0 bridgehead atoms. The third kappa shape index (κ3) is 13.7. The Labute approximate surface area is 479 Å². The number of nitrogens with zero attached hydrogens (tertiary/aromatic N) is 4. The fraction of sp³-hybridized carbons (Fsp3) is 0.175. The van der Waals surface area contributed by atoms with Crippen LogP contribution in [0.5, 0.6) is 11.5 Å². The Morgan fingerprint density at radius 1 is 0.475 bits per heavy atom. The largest absolute Gasteiger partial charge is 0.508 e. The van der Waals surface area contributed by atoms with Crippen LogP contribution in [-0.4, -0.2) is 70.2 Å². The van der Waals surface area contributed by atoms with Crippen molar-refractivity contribution in [1.82, 2.24) is 19.9 Å². The summed E-state index contributed by atoms with van der Waals surface area (Å²) in [5.74, 6) is 0.472. The van der Waals surface area contributed by atoms with Gasteiger partial charge in [0.2, 0.25) is 0 Å². The summed E-state index contributed by atoms with van der Waals surface area (Å²) in [5, 5.41) is 29.6. The first kappa shape index (κ1) is 54.3. The molecule has 8 aromatic carbocycles. The molecule has 404 valence electrons. The summed E-state index contributed by atoms with van der Waals surface area (Å²) in [6, 6.07) is 55.3. The molecular weight excluding hydrogens is 1100 g/mol. The van der Waals surface area contributed by atoms with Gasteiger partial charge < -0.3 is 20.8 Å². The third-order valence-corrected chi connectivity index (χ3v) is 18.3. The lowest BCUT2D eigenvalue weighted by atomic mass is 10.0. The number of rotatable bonds is 18. The Morgan fingerprint density at radius 3 is 1.23 bits per heavy atom. The maximum absolute atomic E-state index is 14.6. The quantitative estimate of drug-likeness (QED) is 0.0606. The van der Waals surface area contributed by atoms with Crippen molar-refractivity contribution in [3.63, 3.8) is 0 Å². The molecule has 11 nitrogen and oxygen atoms in total. The summed E-state index contributed by atoms with van der Waals surface area (Å²) in [6.07, 6.45) is 1.97. The van der Waals surface area contributed by atoms with Gasteiger partial charge in [0, 0.05) is 46.7 Å². The van der Waals surface area contributed by atoms with Crippen molar-refractivity contribution in [1.29, 1.82) is 0 Å². The third-order valence-electron chi connectivity index (χ3n) is 13.4. The molecule has 4 N–H and O–H groups in total. The van der Waals surface area contributed by atoms with E-state index in [4.69, 9.17) is 14.2 Å². The Morgan fingerprint density at radius 2 is 0.825 bits per heavy atom. The minimum atomic E-state index is -3.60. The highest BCUT2D eigenvalue weighted by molar-refractivity contribution is 7.86. The lowest BCUT2D eigenvalue weighted by Gasteiger charge is -2.18. The van der Waals surface area contributed by atoms with Crippen LogP contribution in [0.1, 0.15) is 35.1 Å². The van der Waals surface area contributed by atoms with E-state index in [-0.39, 0.29) is 18.0 Å². The number of aryl methyl sites for hydroxylation is 4. The molecule has 0 aliphatic rings. The normalized spacial score (nSPS) is 12.4. The fourth-order valence-electron chi connectivity index (χ4n) is 9.12. The molecule has 0 radical (unpaired) electrons. The van der Waals surface area contributed by atoms with Crippen molar-refractivity contribution >= 4 is 108 Å². The van der Waals surface area contributed by atoms with Crippen LogP contribution in [0.2, 0.25) is 0 Å². The molecule has 0 aliphatic heterocycles. The highest BCUT2D eigenvalue weighted by Crippen LogP contribution is 2.36.